The van der Waals surface area contributed by atoms with Crippen LogP contribution < -0.4 is 10.0 Å². The van der Waals surface area contributed by atoms with Crippen molar-refractivity contribution in [1.29, 1.82) is 0 Å². The van der Waals surface area contributed by atoms with Gasteiger partial charge in [0.15, 0.2) is 0 Å². The molecule has 0 atom stereocenters. The molecule has 0 aliphatic heterocycles. The summed E-state index contributed by atoms with van der Waals surface area (Å²) in [4.78, 5) is 22.9. The Kier molecular flexibility index (Phi) is 6.02. The Hall–Kier alpha value is -2.71. The second-order valence-corrected chi connectivity index (χ2v) is 8.53. The average molecular weight is 390 g/mol. The normalized spacial score (nSPS) is 11.7. The monoisotopic (exact) mass is 390 g/mol. The lowest BCUT2D eigenvalue weighted by Crippen LogP contribution is -2.40. The van der Waals surface area contributed by atoms with E-state index in [-0.39, 0.29) is 4.90 Å². The van der Waals surface area contributed by atoms with E-state index in [4.69, 9.17) is 0 Å². The zero-order valence-electron chi connectivity index (χ0n) is 15.6. The summed E-state index contributed by atoms with van der Waals surface area (Å²) < 4.78 is 32.5. The van der Waals surface area contributed by atoms with Gasteiger partial charge in [0, 0.05) is 16.8 Å². The number of ether oxygens (including phenoxy) is 1. The minimum Gasteiger partial charge on any atom is -0.462 e. The highest BCUT2D eigenvalue weighted by Gasteiger charge is 2.24. The smallest absolute Gasteiger partial charge is 0.396 e. The molecule has 2 N–H and O–H groups in total. The van der Waals surface area contributed by atoms with Crippen molar-refractivity contribution in [3.63, 3.8) is 0 Å². The number of sulfonamides is 1. The van der Waals surface area contributed by atoms with Gasteiger partial charge in [0.1, 0.15) is 0 Å². The molecule has 8 heteroatoms. The van der Waals surface area contributed by atoms with Crippen LogP contribution in [-0.2, 0) is 24.3 Å². The highest BCUT2D eigenvalue weighted by Crippen LogP contribution is 2.29. The number of anilines is 1. The van der Waals surface area contributed by atoms with Gasteiger partial charge in [-0.2, -0.15) is 0 Å². The summed E-state index contributed by atoms with van der Waals surface area (Å²) in [5.74, 6) is -1.88. The Balaban J connectivity index is 2.35. The molecule has 0 saturated heterocycles. The Morgan fingerprint density at radius 2 is 1.56 bits per heavy atom. The molecule has 1 amide bonds. The van der Waals surface area contributed by atoms with Crippen molar-refractivity contribution in [3.8, 4) is 11.1 Å². The first-order valence-electron chi connectivity index (χ1n) is 8.16. The molecule has 0 radical (unpaired) electrons. The third-order valence-electron chi connectivity index (χ3n) is 3.44. The Bertz CT molecular complexity index is 945. The van der Waals surface area contributed by atoms with Crippen LogP contribution in [0.15, 0.2) is 53.4 Å². The lowest BCUT2D eigenvalue weighted by molar-refractivity contribution is -0.150. The van der Waals surface area contributed by atoms with Crippen molar-refractivity contribution in [2.45, 2.75) is 31.2 Å². The van der Waals surface area contributed by atoms with Crippen molar-refractivity contribution < 1.29 is 22.7 Å². The van der Waals surface area contributed by atoms with E-state index in [9.17, 15) is 18.0 Å². The molecular formula is C19H22N2O5S. The Labute approximate surface area is 158 Å². The van der Waals surface area contributed by atoms with Crippen molar-refractivity contribution in [2.75, 3.05) is 12.4 Å². The van der Waals surface area contributed by atoms with E-state index >= 15 is 0 Å². The number of benzene rings is 2. The number of methoxy groups -OCH3 is 1. The molecule has 0 aromatic heterocycles. The van der Waals surface area contributed by atoms with Gasteiger partial charge in [0.2, 0.25) is 10.0 Å². The van der Waals surface area contributed by atoms with Gasteiger partial charge in [-0.3, -0.25) is 4.79 Å². The van der Waals surface area contributed by atoms with Crippen molar-refractivity contribution in [2.24, 2.45) is 0 Å². The molecule has 0 saturated carbocycles. The Morgan fingerprint density at radius 1 is 0.963 bits per heavy atom. The predicted molar refractivity (Wildman–Crippen MR) is 103 cm³/mol. The maximum Gasteiger partial charge on any atom is 0.396 e. The van der Waals surface area contributed by atoms with Crippen LogP contribution in [-0.4, -0.2) is 32.9 Å². The number of esters is 1. The number of amides is 1. The van der Waals surface area contributed by atoms with Crippen LogP contribution in [0.4, 0.5) is 5.69 Å². The maximum absolute atomic E-state index is 12.7. The second kappa shape index (κ2) is 7.89. The fourth-order valence-corrected chi connectivity index (χ4v) is 4.05. The van der Waals surface area contributed by atoms with E-state index in [0.717, 1.165) is 7.11 Å². The molecule has 0 spiro atoms. The van der Waals surface area contributed by atoms with Crippen LogP contribution >= 0.6 is 0 Å². The van der Waals surface area contributed by atoms with E-state index in [0.29, 0.717) is 16.8 Å². The van der Waals surface area contributed by atoms with Crippen LogP contribution in [0.25, 0.3) is 11.1 Å². The summed E-state index contributed by atoms with van der Waals surface area (Å²) in [5.41, 5.74) is 0.955. The van der Waals surface area contributed by atoms with Gasteiger partial charge in [0.05, 0.1) is 12.0 Å². The fourth-order valence-electron chi connectivity index (χ4n) is 2.41. The lowest BCUT2D eigenvalue weighted by Gasteiger charge is -2.21. The summed E-state index contributed by atoms with van der Waals surface area (Å²) in [7, 11) is -2.60. The van der Waals surface area contributed by atoms with E-state index < -0.39 is 27.4 Å². The molecule has 0 bridgehead atoms. The number of hydrogen-bond acceptors (Lipinski definition) is 5. The van der Waals surface area contributed by atoms with Gasteiger partial charge >= 0.3 is 11.9 Å². The molecule has 2 aromatic rings. The zero-order chi connectivity index (χ0) is 20.2. The summed E-state index contributed by atoms with van der Waals surface area (Å²) in [6.07, 6.45) is 0. The topological polar surface area (TPSA) is 102 Å². The second-order valence-electron chi connectivity index (χ2n) is 6.87. The third kappa shape index (κ3) is 5.38. The largest absolute Gasteiger partial charge is 0.462 e. The van der Waals surface area contributed by atoms with Crippen LogP contribution in [0, 0.1) is 0 Å². The van der Waals surface area contributed by atoms with Crippen LogP contribution in [0.3, 0.4) is 0 Å². The molecule has 144 valence electrons. The molecule has 0 fully saturated rings. The molecule has 0 aliphatic rings. The lowest BCUT2D eigenvalue weighted by atomic mass is 10.1. The average Bonchev–Trinajstić information content (AvgIpc) is 2.59. The SMILES string of the molecule is COC(=O)C(=O)Nc1ccc(-c2ccccc2S(=O)(=O)NC(C)(C)C)cc1. The summed E-state index contributed by atoms with van der Waals surface area (Å²) in [5, 5.41) is 2.40. The number of rotatable bonds is 4. The van der Waals surface area contributed by atoms with E-state index in [1.54, 1.807) is 63.2 Å². The number of carbonyl (C=O) groups excluding carboxylic acids is 2. The first-order valence-corrected chi connectivity index (χ1v) is 9.64. The molecule has 0 unspecified atom stereocenters. The summed E-state index contributed by atoms with van der Waals surface area (Å²) in [6, 6.07) is 13.1. The van der Waals surface area contributed by atoms with E-state index in [1.807, 2.05) is 0 Å². The molecule has 7 nitrogen and oxygen atoms in total. The first kappa shape index (κ1) is 20.6. The number of hydrogen-bond donors (Lipinski definition) is 2. The van der Waals surface area contributed by atoms with E-state index in [2.05, 4.69) is 14.8 Å². The van der Waals surface area contributed by atoms with Crippen molar-refractivity contribution in [1.82, 2.24) is 4.72 Å². The highest BCUT2D eigenvalue weighted by atomic mass is 32.2. The molecule has 27 heavy (non-hydrogen) atoms. The molecule has 0 aliphatic carbocycles. The maximum atomic E-state index is 12.7. The van der Waals surface area contributed by atoms with Crippen molar-refractivity contribution in [3.05, 3.63) is 48.5 Å². The van der Waals surface area contributed by atoms with Crippen LogP contribution in [0.5, 0.6) is 0 Å². The summed E-state index contributed by atoms with van der Waals surface area (Å²) >= 11 is 0. The van der Waals surface area contributed by atoms with Gasteiger partial charge in [-0.1, -0.05) is 30.3 Å². The zero-order valence-corrected chi connectivity index (χ0v) is 16.4. The van der Waals surface area contributed by atoms with Gasteiger partial charge in [0.25, 0.3) is 0 Å². The molecular weight excluding hydrogens is 368 g/mol. The molecule has 2 aromatic carbocycles. The van der Waals surface area contributed by atoms with Crippen LogP contribution in [0.1, 0.15) is 20.8 Å². The van der Waals surface area contributed by atoms with Gasteiger partial charge in [-0.05, 0) is 44.5 Å². The molecule has 2 rings (SSSR count). The minimum absolute atomic E-state index is 0.159. The van der Waals surface area contributed by atoms with Gasteiger partial charge in [-0.25, -0.2) is 17.9 Å². The number of carbonyl (C=O) groups is 2. The Morgan fingerprint density at radius 3 is 2.11 bits per heavy atom. The van der Waals surface area contributed by atoms with Gasteiger partial charge < -0.3 is 10.1 Å². The minimum atomic E-state index is -3.72. The standard InChI is InChI=1S/C19H22N2O5S/c1-19(2,3)21-27(24,25)16-8-6-5-7-15(16)13-9-11-14(12-10-13)20-17(22)18(23)26-4/h5-12,21H,1-4H3,(H,20,22). The van der Waals surface area contributed by atoms with Crippen LogP contribution in [0.2, 0.25) is 0 Å². The highest BCUT2D eigenvalue weighted by molar-refractivity contribution is 7.89. The van der Waals surface area contributed by atoms with Crippen molar-refractivity contribution >= 4 is 27.6 Å². The molecule has 0 heterocycles. The van der Waals surface area contributed by atoms with Gasteiger partial charge in [-0.15, -0.1) is 0 Å². The quantitative estimate of drug-likeness (QED) is 0.617. The predicted octanol–water partition coefficient (Wildman–Crippen LogP) is 2.54. The third-order valence-corrected chi connectivity index (χ3v) is 5.26. The first-order chi connectivity index (χ1) is 12.5. The fraction of sp³-hybridized carbons (Fsp3) is 0.263. The summed E-state index contributed by atoms with van der Waals surface area (Å²) in [6.45, 7) is 5.31. The van der Waals surface area contributed by atoms with E-state index in [1.165, 1.54) is 6.07 Å². The number of nitrogens with one attached hydrogen (secondary N) is 2.